The van der Waals surface area contributed by atoms with E-state index in [2.05, 4.69) is 5.32 Å². The molecular formula is C15H12ClF2NO. The lowest BCUT2D eigenvalue weighted by molar-refractivity contribution is 0.102. The van der Waals surface area contributed by atoms with Gasteiger partial charge in [0, 0.05) is 5.69 Å². The number of amides is 1. The second-order valence-electron chi connectivity index (χ2n) is 4.47. The number of anilines is 1. The molecule has 0 aliphatic heterocycles. The highest BCUT2D eigenvalue weighted by Crippen LogP contribution is 2.24. The van der Waals surface area contributed by atoms with Gasteiger partial charge in [0.05, 0.1) is 10.6 Å². The maximum Gasteiger partial charge on any atom is 0.257 e. The van der Waals surface area contributed by atoms with Crippen molar-refractivity contribution in [3.05, 3.63) is 63.7 Å². The zero-order chi connectivity index (χ0) is 14.9. The molecule has 0 bridgehead atoms. The Labute approximate surface area is 120 Å². The Kier molecular flexibility index (Phi) is 4.04. The number of halogens is 3. The van der Waals surface area contributed by atoms with Crippen LogP contribution in [0.1, 0.15) is 21.5 Å². The number of hydrogen-bond acceptors (Lipinski definition) is 1. The van der Waals surface area contributed by atoms with Gasteiger partial charge >= 0.3 is 0 Å². The van der Waals surface area contributed by atoms with E-state index < -0.39 is 17.5 Å². The molecule has 0 saturated heterocycles. The van der Waals surface area contributed by atoms with Crippen LogP contribution in [0.3, 0.4) is 0 Å². The summed E-state index contributed by atoms with van der Waals surface area (Å²) in [7, 11) is 0. The van der Waals surface area contributed by atoms with Crippen LogP contribution in [0, 0.1) is 25.5 Å². The molecule has 2 nitrogen and oxygen atoms in total. The fourth-order valence-electron chi connectivity index (χ4n) is 1.89. The molecule has 0 unspecified atom stereocenters. The van der Waals surface area contributed by atoms with E-state index in [9.17, 15) is 13.6 Å². The van der Waals surface area contributed by atoms with Crippen LogP contribution >= 0.6 is 11.6 Å². The lowest BCUT2D eigenvalue weighted by Gasteiger charge is -2.12. The van der Waals surface area contributed by atoms with Crippen molar-refractivity contribution in [2.24, 2.45) is 0 Å². The van der Waals surface area contributed by atoms with Crippen LogP contribution in [-0.2, 0) is 0 Å². The van der Waals surface area contributed by atoms with Crippen LogP contribution in [0.2, 0.25) is 5.02 Å². The maximum absolute atomic E-state index is 13.2. The van der Waals surface area contributed by atoms with Gasteiger partial charge in [0.1, 0.15) is 0 Å². The second kappa shape index (κ2) is 5.59. The highest BCUT2D eigenvalue weighted by molar-refractivity contribution is 6.34. The third-order valence-corrected chi connectivity index (χ3v) is 3.29. The zero-order valence-corrected chi connectivity index (χ0v) is 11.7. The first kappa shape index (κ1) is 14.5. The number of rotatable bonds is 2. The molecule has 0 aliphatic carbocycles. The summed E-state index contributed by atoms with van der Waals surface area (Å²) in [4.78, 5) is 12.1. The molecule has 0 spiro atoms. The van der Waals surface area contributed by atoms with E-state index >= 15 is 0 Å². The molecule has 0 atom stereocenters. The molecule has 0 saturated carbocycles. The van der Waals surface area contributed by atoms with E-state index in [1.165, 1.54) is 0 Å². The molecule has 5 heteroatoms. The average molecular weight is 296 g/mol. The summed E-state index contributed by atoms with van der Waals surface area (Å²) in [5.41, 5.74) is 2.28. The van der Waals surface area contributed by atoms with Gasteiger partial charge in [-0.2, -0.15) is 0 Å². The lowest BCUT2D eigenvalue weighted by Crippen LogP contribution is -2.15. The lowest BCUT2D eigenvalue weighted by atomic mass is 10.1. The molecule has 1 N–H and O–H groups in total. The van der Waals surface area contributed by atoms with Crippen LogP contribution in [0.25, 0.3) is 0 Å². The van der Waals surface area contributed by atoms with Crippen molar-refractivity contribution in [2.45, 2.75) is 13.8 Å². The monoisotopic (exact) mass is 295 g/mol. The number of carbonyl (C=O) groups is 1. The van der Waals surface area contributed by atoms with Crippen LogP contribution < -0.4 is 5.32 Å². The average Bonchev–Trinajstić information content (AvgIpc) is 2.38. The van der Waals surface area contributed by atoms with E-state index in [1.54, 1.807) is 0 Å². The highest BCUT2D eigenvalue weighted by Gasteiger charge is 2.16. The summed E-state index contributed by atoms with van der Waals surface area (Å²) >= 11 is 5.77. The summed E-state index contributed by atoms with van der Waals surface area (Å²) in [6.07, 6.45) is 0. The molecule has 2 aromatic carbocycles. The highest BCUT2D eigenvalue weighted by atomic mass is 35.5. The van der Waals surface area contributed by atoms with Crippen molar-refractivity contribution in [1.82, 2.24) is 0 Å². The van der Waals surface area contributed by atoms with Crippen LogP contribution in [-0.4, -0.2) is 5.91 Å². The van der Waals surface area contributed by atoms with Gasteiger partial charge in [-0.3, -0.25) is 4.79 Å². The van der Waals surface area contributed by atoms with Crippen molar-refractivity contribution in [2.75, 3.05) is 5.32 Å². The Morgan fingerprint density at radius 2 is 1.65 bits per heavy atom. The van der Waals surface area contributed by atoms with Crippen molar-refractivity contribution < 1.29 is 13.6 Å². The molecule has 20 heavy (non-hydrogen) atoms. The predicted molar refractivity (Wildman–Crippen MR) is 75.2 cm³/mol. The number of aryl methyl sites for hydroxylation is 2. The Hall–Kier alpha value is -1.94. The quantitative estimate of drug-likeness (QED) is 0.813. The van der Waals surface area contributed by atoms with E-state index in [4.69, 9.17) is 11.6 Å². The maximum atomic E-state index is 13.2. The number of nitrogens with one attached hydrogen (secondary N) is 1. The molecule has 2 aromatic rings. The molecular weight excluding hydrogens is 284 g/mol. The summed E-state index contributed by atoms with van der Waals surface area (Å²) < 4.78 is 26.2. The minimum absolute atomic E-state index is 0.104. The van der Waals surface area contributed by atoms with Gasteiger partial charge < -0.3 is 5.32 Å². The van der Waals surface area contributed by atoms with Crippen molar-refractivity contribution in [3.63, 3.8) is 0 Å². The summed E-state index contributed by atoms with van der Waals surface area (Å²) in [6, 6.07) is 7.13. The first-order valence-electron chi connectivity index (χ1n) is 5.92. The van der Waals surface area contributed by atoms with Gasteiger partial charge in [-0.15, -0.1) is 0 Å². The molecule has 0 radical (unpaired) electrons. The third-order valence-electron chi connectivity index (χ3n) is 2.97. The van der Waals surface area contributed by atoms with Gasteiger partial charge in [0.2, 0.25) is 0 Å². The van der Waals surface area contributed by atoms with Gasteiger partial charge in [0.15, 0.2) is 11.6 Å². The van der Waals surface area contributed by atoms with Crippen molar-refractivity contribution in [1.29, 1.82) is 0 Å². The SMILES string of the molecule is Cc1cccc(C)c1NC(=O)c1cc(F)c(F)cc1Cl. The minimum Gasteiger partial charge on any atom is -0.321 e. The number of hydrogen-bond donors (Lipinski definition) is 1. The molecule has 0 aromatic heterocycles. The zero-order valence-electron chi connectivity index (χ0n) is 10.9. The molecule has 2 rings (SSSR count). The van der Waals surface area contributed by atoms with Gasteiger partial charge in [-0.05, 0) is 37.1 Å². The number of para-hydroxylation sites is 1. The summed E-state index contributed by atoms with van der Waals surface area (Å²) in [5, 5.41) is 2.54. The number of carbonyl (C=O) groups excluding carboxylic acids is 1. The Morgan fingerprint density at radius 1 is 1.10 bits per heavy atom. The van der Waals surface area contributed by atoms with Crippen molar-refractivity contribution in [3.8, 4) is 0 Å². The summed E-state index contributed by atoms with van der Waals surface area (Å²) in [5.74, 6) is -2.77. The molecule has 1 amide bonds. The van der Waals surface area contributed by atoms with E-state index in [-0.39, 0.29) is 10.6 Å². The van der Waals surface area contributed by atoms with Gasteiger partial charge in [-0.25, -0.2) is 8.78 Å². The first-order chi connectivity index (χ1) is 9.40. The number of benzene rings is 2. The largest absolute Gasteiger partial charge is 0.321 e. The Bertz CT molecular complexity index is 666. The minimum atomic E-state index is -1.11. The molecule has 0 heterocycles. The predicted octanol–water partition coefficient (Wildman–Crippen LogP) is 4.49. The van der Waals surface area contributed by atoms with Crippen LogP contribution in [0.5, 0.6) is 0 Å². The van der Waals surface area contributed by atoms with Gasteiger partial charge in [0.25, 0.3) is 5.91 Å². The van der Waals surface area contributed by atoms with Crippen LogP contribution in [0.4, 0.5) is 14.5 Å². The normalized spacial score (nSPS) is 10.4. The fraction of sp³-hybridized carbons (Fsp3) is 0.133. The first-order valence-corrected chi connectivity index (χ1v) is 6.30. The van der Waals surface area contributed by atoms with E-state index in [0.717, 1.165) is 23.3 Å². The van der Waals surface area contributed by atoms with Crippen molar-refractivity contribution >= 4 is 23.2 Å². The second-order valence-corrected chi connectivity index (χ2v) is 4.87. The molecule has 0 aliphatic rings. The Balaban J connectivity index is 2.36. The topological polar surface area (TPSA) is 29.1 Å². The van der Waals surface area contributed by atoms with E-state index in [0.29, 0.717) is 5.69 Å². The van der Waals surface area contributed by atoms with E-state index in [1.807, 2.05) is 32.0 Å². The standard InChI is InChI=1S/C15H12ClF2NO/c1-8-4-3-5-9(2)14(8)19-15(20)10-6-12(17)13(18)7-11(10)16/h3-7H,1-2H3,(H,19,20). The Morgan fingerprint density at radius 3 is 2.25 bits per heavy atom. The smallest absolute Gasteiger partial charge is 0.257 e. The molecule has 0 fully saturated rings. The van der Waals surface area contributed by atoms with Gasteiger partial charge in [-0.1, -0.05) is 29.8 Å². The fourth-order valence-corrected chi connectivity index (χ4v) is 2.13. The van der Waals surface area contributed by atoms with Crippen LogP contribution in [0.15, 0.2) is 30.3 Å². The third kappa shape index (κ3) is 2.80. The summed E-state index contributed by atoms with van der Waals surface area (Å²) in [6.45, 7) is 3.69. The molecule has 104 valence electrons.